The molecule has 1 heteroatoms. The zero-order chi connectivity index (χ0) is 50.8. The average molecular weight is 1020 g/mol. The van der Waals surface area contributed by atoms with Crippen molar-refractivity contribution >= 4 is 12.6 Å². The van der Waals surface area contributed by atoms with E-state index in [-0.39, 0.29) is 0 Å². The van der Waals surface area contributed by atoms with Gasteiger partial charge in [-0.3, -0.25) is 0 Å². The number of hydrogen-bond acceptors (Lipinski definition) is 1. The maximum atomic E-state index is 4.31. The number of rotatable bonds is 68. The van der Waals surface area contributed by atoms with Gasteiger partial charge in [0.15, 0.2) is 0 Å². The average Bonchev–Trinajstić information content (AvgIpc) is 3.38. The quantitative estimate of drug-likeness (QED) is 0.0456. The lowest BCUT2D eigenvalue weighted by molar-refractivity contribution is 0.506. The van der Waals surface area contributed by atoms with E-state index >= 15 is 0 Å². The molecule has 0 atom stereocenters. The molecule has 71 heavy (non-hydrogen) atoms. The van der Waals surface area contributed by atoms with Gasteiger partial charge < -0.3 is 0 Å². The molecular formula is C70H142S. The molecule has 0 aliphatic carbocycles. The third kappa shape index (κ3) is 70.3. The van der Waals surface area contributed by atoms with Gasteiger partial charge in [0.1, 0.15) is 0 Å². The Bertz CT molecular complexity index is 783. The Kier molecular flexibility index (Phi) is 70.7. The summed E-state index contributed by atoms with van der Waals surface area (Å²) in [5, 5.41) is 0. The Morgan fingerprint density at radius 1 is 0.113 bits per heavy atom. The Morgan fingerprint density at radius 3 is 0.254 bits per heavy atom. The van der Waals surface area contributed by atoms with E-state index in [1.54, 1.807) is 0 Å². The smallest absolute Gasteiger partial charge is 0.00979 e. The summed E-state index contributed by atoms with van der Waals surface area (Å²) in [6, 6.07) is 0. The van der Waals surface area contributed by atoms with E-state index in [9.17, 15) is 0 Å². The van der Waals surface area contributed by atoms with Gasteiger partial charge >= 0.3 is 0 Å². The maximum Gasteiger partial charge on any atom is -0.00979 e. The Morgan fingerprint density at radius 2 is 0.183 bits per heavy atom. The zero-order valence-electron chi connectivity index (χ0n) is 50.2. The van der Waals surface area contributed by atoms with Gasteiger partial charge in [0.25, 0.3) is 0 Å². The fourth-order valence-corrected chi connectivity index (χ4v) is 12.1. The van der Waals surface area contributed by atoms with Crippen molar-refractivity contribution in [3.8, 4) is 0 Å². The van der Waals surface area contributed by atoms with Gasteiger partial charge in [-0.2, -0.15) is 12.6 Å². The molecule has 0 unspecified atom stereocenters. The predicted molar refractivity (Wildman–Crippen MR) is 333 cm³/mol. The van der Waals surface area contributed by atoms with Crippen LogP contribution >= 0.6 is 12.6 Å². The molecule has 0 aromatic rings. The second-order valence-electron chi connectivity index (χ2n) is 24.4. The molecule has 0 saturated heterocycles. The highest BCUT2D eigenvalue weighted by molar-refractivity contribution is 7.80. The molecule has 0 aliphatic rings. The van der Waals surface area contributed by atoms with Crippen LogP contribution in [0.2, 0.25) is 0 Å². The number of thiol groups is 1. The van der Waals surface area contributed by atoms with Crippen molar-refractivity contribution in [2.45, 2.75) is 444 Å². The number of unbranched alkanes of at least 4 members (excludes halogenated alkanes) is 67. The Hall–Kier alpha value is 0.350. The second kappa shape index (κ2) is 70.3. The molecular weight excluding hydrogens is 873 g/mol. The first-order valence-corrected chi connectivity index (χ1v) is 35.7. The summed E-state index contributed by atoms with van der Waals surface area (Å²) in [6.07, 6.45) is 101. The van der Waals surface area contributed by atoms with Crippen LogP contribution in [-0.2, 0) is 0 Å². The van der Waals surface area contributed by atoms with Gasteiger partial charge in [0.2, 0.25) is 0 Å². The Labute approximate surface area is 459 Å². The minimum absolute atomic E-state index is 1.07. The third-order valence-electron chi connectivity index (χ3n) is 17.0. The SMILES string of the molecule is CCCCCCCCCCCCCCCCCCCCCCCCCCCCCCCCCCCCCCCCCCCCCCCCCCCCCCCCCCCCCCCCCCCCCCS. The van der Waals surface area contributed by atoms with Crippen LogP contribution in [0, 0.1) is 0 Å². The molecule has 0 N–H and O–H groups in total. The standard InChI is InChI=1S/C70H142S/c1-2-3-4-5-6-7-8-9-10-11-12-13-14-15-16-17-18-19-20-21-22-23-24-25-26-27-28-29-30-31-32-33-34-35-36-37-38-39-40-41-42-43-44-45-46-47-48-49-50-51-52-53-54-55-56-57-58-59-60-61-62-63-64-65-66-67-68-69-70-71/h71H,2-70H2,1H3. The molecule has 0 spiro atoms. The Balaban J connectivity index is 3.07. The molecule has 428 valence electrons. The van der Waals surface area contributed by atoms with E-state index in [1.807, 2.05) is 0 Å². The van der Waals surface area contributed by atoms with E-state index in [2.05, 4.69) is 19.6 Å². The second-order valence-corrected chi connectivity index (χ2v) is 24.9. The van der Waals surface area contributed by atoms with Crippen LogP contribution in [0.15, 0.2) is 0 Å². The topological polar surface area (TPSA) is 0 Å². The number of hydrogen-bond donors (Lipinski definition) is 1. The minimum Gasteiger partial charge on any atom is -0.179 e. The van der Waals surface area contributed by atoms with Crippen molar-refractivity contribution in [3.05, 3.63) is 0 Å². The highest BCUT2D eigenvalue weighted by atomic mass is 32.1. The molecule has 0 nitrogen and oxygen atoms in total. The van der Waals surface area contributed by atoms with E-state index in [0.29, 0.717) is 0 Å². The third-order valence-corrected chi connectivity index (χ3v) is 17.3. The van der Waals surface area contributed by atoms with Crippen LogP contribution in [0.4, 0.5) is 0 Å². The summed E-state index contributed by atoms with van der Waals surface area (Å²) in [6.45, 7) is 2.32. The molecule has 0 saturated carbocycles. The molecule has 0 fully saturated rings. The fraction of sp³-hybridized carbons (Fsp3) is 1.00. The summed E-state index contributed by atoms with van der Waals surface area (Å²) < 4.78 is 0. The molecule has 0 aromatic heterocycles. The van der Waals surface area contributed by atoms with Crippen molar-refractivity contribution in [1.82, 2.24) is 0 Å². The minimum atomic E-state index is 1.07. The van der Waals surface area contributed by atoms with Gasteiger partial charge in [-0.25, -0.2) is 0 Å². The molecule has 0 amide bonds. The molecule has 0 bridgehead atoms. The van der Waals surface area contributed by atoms with Crippen molar-refractivity contribution in [2.24, 2.45) is 0 Å². The molecule has 0 aromatic carbocycles. The lowest BCUT2D eigenvalue weighted by atomic mass is 10.0. The van der Waals surface area contributed by atoms with Gasteiger partial charge in [0, 0.05) is 0 Å². The lowest BCUT2D eigenvalue weighted by Gasteiger charge is -2.05. The first kappa shape index (κ1) is 71.3. The van der Waals surface area contributed by atoms with Crippen molar-refractivity contribution in [1.29, 1.82) is 0 Å². The zero-order valence-corrected chi connectivity index (χ0v) is 51.1. The van der Waals surface area contributed by atoms with Crippen LogP contribution in [0.5, 0.6) is 0 Å². The molecule has 0 radical (unpaired) electrons. The van der Waals surface area contributed by atoms with E-state index in [1.165, 1.54) is 437 Å². The fourth-order valence-electron chi connectivity index (χ4n) is 11.9. The summed E-state index contributed by atoms with van der Waals surface area (Å²) in [4.78, 5) is 0. The van der Waals surface area contributed by atoms with E-state index in [4.69, 9.17) is 0 Å². The monoisotopic (exact) mass is 1020 g/mol. The normalized spacial score (nSPS) is 11.7. The largest absolute Gasteiger partial charge is 0.179 e. The first-order chi connectivity index (χ1) is 35.4. The highest BCUT2D eigenvalue weighted by Crippen LogP contribution is 2.20. The van der Waals surface area contributed by atoms with Gasteiger partial charge in [-0.15, -0.1) is 0 Å². The highest BCUT2D eigenvalue weighted by Gasteiger charge is 2.01. The van der Waals surface area contributed by atoms with Gasteiger partial charge in [0.05, 0.1) is 0 Å². The summed E-state index contributed by atoms with van der Waals surface area (Å²) in [7, 11) is 0. The van der Waals surface area contributed by atoms with Crippen molar-refractivity contribution < 1.29 is 0 Å². The van der Waals surface area contributed by atoms with E-state index in [0.717, 1.165) is 5.75 Å². The van der Waals surface area contributed by atoms with Crippen LogP contribution in [0.1, 0.15) is 444 Å². The van der Waals surface area contributed by atoms with Crippen LogP contribution in [0.3, 0.4) is 0 Å². The molecule has 0 aliphatic heterocycles. The van der Waals surface area contributed by atoms with Crippen LogP contribution in [-0.4, -0.2) is 5.75 Å². The predicted octanol–water partition coefficient (Wildman–Crippen LogP) is 27.5. The lowest BCUT2D eigenvalue weighted by Crippen LogP contribution is -1.85. The van der Waals surface area contributed by atoms with E-state index < -0.39 is 0 Å². The summed E-state index contributed by atoms with van der Waals surface area (Å²) in [5.74, 6) is 1.07. The van der Waals surface area contributed by atoms with Crippen LogP contribution in [0.25, 0.3) is 0 Å². The first-order valence-electron chi connectivity index (χ1n) is 35.0. The van der Waals surface area contributed by atoms with Gasteiger partial charge in [-0.1, -0.05) is 437 Å². The van der Waals surface area contributed by atoms with Crippen molar-refractivity contribution in [2.75, 3.05) is 5.75 Å². The summed E-state index contributed by atoms with van der Waals surface area (Å²) in [5.41, 5.74) is 0. The van der Waals surface area contributed by atoms with Gasteiger partial charge in [-0.05, 0) is 12.2 Å². The van der Waals surface area contributed by atoms with Crippen LogP contribution < -0.4 is 0 Å². The summed E-state index contributed by atoms with van der Waals surface area (Å²) >= 11 is 4.31. The molecule has 0 rings (SSSR count). The molecule has 0 heterocycles. The maximum absolute atomic E-state index is 4.31. The van der Waals surface area contributed by atoms with Crippen molar-refractivity contribution in [3.63, 3.8) is 0 Å².